The minimum Gasteiger partial charge on any atom is -0.317 e. The highest BCUT2D eigenvalue weighted by Gasteiger charge is 2.38. The van der Waals surface area contributed by atoms with Crippen LogP contribution in [-0.4, -0.2) is 23.9 Å². The minimum absolute atomic E-state index is 0.183. The highest BCUT2D eigenvalue weighted by atomic mass is 16.1. The van der Waals surface area contributed by atoms with E-state index in [-0.39, 0.29) is 5.41 Å². The summed E-state index contributed by atoms with van der Waals surface area (Å²) in [7, 11) is 0. The molecule has 1 saturated heterocycles. The van der Waals surface area contributed by atoms with Crippen LogP contribution in [0, 0.1) is 12.3 Å². The van der Waals surface area contributed by atoms with Crippen molar-refractivity contribution in [1.82, 2.24) is 10.3 Å². The van der Waals surface area contributed by atoms with E-state index < -0.39 is 0 Å². The minimum atomic E-state index is -0.183. The molecule has 2 aromatic rings. The van der Waals surface area contributed by atoms with Crippen molar-refractivity contribution in [3.63, 3.8) is 0 Å². The van der Waals surface area contributed by atoms with Crippen molar-refractivity contribution in [1.29, 1.82) is 0 Å². The number of pyridine rings is 1. The van der Waals surface area contributed by atoms with Gasteiger partial charge in [-0.25, -0.2) is 0 Å². The Bertz CT molecular complexity index is 672. The first-order chi connectivity index (χ1) is 10.1. The monoisotopic (exact) mass is 282 g/mol. The lowest BCUT2D eigenvalue weighted by Crippen LogP contribution is -2.41. The molecule has 0 amide bonds. The van der Waals surface area contributed by atoms with Crippen LogP contribution in [0.5, 0.6) is 0 Å². The number of ketones is 1. The number of carbonyl (C=O) groups excluding carboxylic acids is 1. The van der Waals surface area contributed by atoms with Crippen LogP contribution in [0.3, 0.4) is 0 Å². The maximum Gasteiger partial charge on any atom is 0.169 e. The lowest BCUT2D eigenvalue weighted by molar-refractivity contribution is 0.0718. The molecule has 0 radical (unpaired) electrons. The summed E-state index contributed by atoms with van der Waals surface area (Å²) < 4.78 is 0. The van der Waals surface area contributed by atoms with Crippen LogP contribution < -0.4 is 5.32 Å². The third-order valence-corrected chi connectivity index (χ3v) is 4.81. The maximum atomic E-state index is 13.0. The molecule has 3 rings (SSSR count). The summed E-state index contributed by atoms with van der Waals surface area (Å²) in [5.41, 5.74) is 2.61. The van der Waals surface area contributed by atoms with Crippen molar-refractivity contribution in [2.24, 2.45) is 5.41 Å². The topological polar surface area (TPSA) is 42.0 Å². The second kappa shape index (κ2) is 5.57. The third kappa shape index (κ3) is 2.58. The number of rotatable bonds is 3. The van der Waals surface area contributed by atoms with E-state index in [1.54, 1.807) is 0 Å². The first-order valence-electron chi connectivity index (χ1n) is 7.77. The largest absolute Gasteiger partial charge is 0.317 e. The number of hydrogen-bond donors (Lipinski definition) is 1. The molecule has 1 fully saturated rings. The fourth-order valence-electron chi connectivity index (χ4n) is 3.32. The van der Waals surface area contributed by atoms with Gasteiger partial charge in [-0.3, -0.25) is 9.78 Å². The number of benzene rings is 1. The van der Waals surface area contributed by atoms with E-state index in [0.717, 1.165) is 54.5 Å². The van der Waals surface area contributed by atoms with Crippen LogP contribution in [0.1, 0.15) is 42.2 Å². The zero-order valence-corrected chi connectivity index (χ0v) is 12.8. The third-order valence-electron chi connectivity index (χ3n) is 4.81. The normalized spacial score (nSPS) is 17.8. The van der Waals surface area contributed by atoms with Crippen LogP contribution in [0.2, 0.25) is 0 Å². The van der Waals surface area contributed by atoms with Gasteiger partial charge in [0.2, 0.25) is 0 Å². The Morgan fingerprint density at radius 2 is 2.00 bits per heavy atom. The standard InChI is InChI=1S/C18H22N2O/c1-3-18(8-10-19-11-9-18)17(21)15-6-7-16-14(12-15)5-4-13(2)20-16/h4-7,12,19H,3,8-11H2,1-2H3. The molecule has 1 aromatic carbocycles. The molecule has 1 aliphatic rings. The number of fused-ring (bicyclic) bond motifs is 1. The molecular formula is C18H22N2O. The van der Waals surface area contributed by atoms with Crippen molar-refractivity contribution < 1.29 is 4.79 Å². The van der Waals surface area contributed by atoms with Gasteiger partial charge in [-0.1, -0.05) is 13.0 Å². The van der Waals surface area contributed by atoms with Crippen molar-refractivity contribution in [2.45, 2.75) is 33.1 Å². The summed E-state index contributed by atoms with van der Waals surface area (Å²) in [5, 5.41) is 4.40. The molecule has 21 heavy (non-hydrogen) atoms. The van der Waals surface area contributed by atoms with Crippen LogP contribution in [0.4, 0.5) is 0 Å². The number of carbonyl (C=O) groups is 1. The zero-order valence-electron chi connectivity index (χ0n) is 12.8. The molecule has 0 atom stereocenters. The SMILES string of the molecule is CCC1(C(=O)c2ccc3nc(C)ccc3c2)CCNCC1. The van der Waals surface area contributed by atoms with E-state index in [0.29, 0.717) is 5.78 Å². The predicted octanol–water partition coefficient (Wildman–Crippen LogP) is 3.51. The second-order valence-electron chi connectivity index (χ2n) is 6.07. The van der Waals surface area contributed by atoms with Gasteiger partial charge in [0.15, 0.2) is 5.78 Å². The fraction of sp³-hybridized carbons (Fsp3) is 0.444. The van der Waals surface area contributed by atoms with E-state index in [9.17, 15) is 4.79 Å². The molecule has 2 heterocycles. The molecular weight excluding hydrogens is 260 g/mol. The predicted molar refractivity (Wildman–Crippen MR) is 85.6 cm³/mol. The van der Waals surface area contributed by atoms with Crippen molar-refractivity contribution in [3.05, 3.63) is 41.6 Å². The summed E-state index contributed by atoms with van der Waals surface area (Å²) in [5.74, 6) is 0.300. The molecule has 0 aliphatic carbocycles. The van der Waals surface area contributed by atoms with Crippen LogP contribution in [-0.2, 0) is 0 Å². The molecule has 0 unspecified atom stereocenters. The molecule has 3 nitrogen and oxygen atoms in total. The van der Waals surface area contributed by atoms with Gasteiger partial charge in [-0.05, 0) is 63.5 Å². The summed E-state index contributed by atoms with van der Waals surface area (Å²) in [6.07, 6.45) is 2.79. The molecule has 0 saturated carbocycles. The first kappa shape index (κ1) is 14.2. The number of aromatic nitrogens is 1. The highest BCUT2D eigenvalue weighted by Crippen LogP contribution is 2.36. The number of Topliss-reactive ketones (excluding diaryl/α,β-unsaturated/α-hetero) is 1. The van der Waals surface area contributed by atoms with Gasteiger partial charge >= 0.3 is 0 Å². The van der Waals surface area contributed by atoms with E-state index >= 15 is 0 Å². The van der Waals surface area contributed by atoms with Gasteiger partial charge in [0, 0.05) is 22.1 Å². The van der Waals surface area contributed by atoms with Crippen molar-refractivity contribution in [3.8, 4) is 0 Å². The number of nitrogens with one attached hydrogen (secondary N) is 1. The lowest BCUT2D eigenvalue weighted by atomic mass is 9.71. The summed E-state index contributed by atoms with van der Waals surface area (Å²) in [4.78, 5) is 17.5. The Morgan fingerprint density at radius 3 is 2.71 bits per heavy atom. The maximum absolute atomic E-state index is 13.0. The Hall–Kier alpha value is -1.74. The number of aryl methyl sites for hydroxylation is 1. The fourth-order valence-corrected chi connectivity index (χ4v) is 3.32. The molecule has 110 valence electrons. The Kier molecular flexibility index (Phi) is 3.77. The van der Waals surface area contributed by atoms with Crippen LogP contribution in [0.15, 0.2) is 30.3 Å². The Labute approximate surface area is 125 Å². The van der Waals surface area contributed by atoms with Gasteiger partial charge in [0.1, 0.15) is 0 Å². The second-order valence-corrected chi connectivity index (χ2v) is 6.07. The van der Waals surface area contributed by atoms with Crippen molar-refractivity contribution in [2.75, 3.05) is 13.1 Å². The lowest BCUT2D eigenvalue weighted by Gasteiger charge is -2.35. The Balaban J connectivity index is 1.98. The first-order valence-corrected chi connectivity index (χ1v) is 7.77. The molecule has 1 N–H and O–H groups in total. The van der Waals surface area contributed by atoms with Crippen LogP contribution in [0.25, 0.3) is 10.9 Å². The van der Waals surface area contributed by atoms with E-state index in [1.165, 1.54) is 0 Å². The zero-order chi connectivity index (χ0) is 14.9. The van der Waals surface area contributed by atoms with E-state index in [1.807, 2.05) is 31.2 Å². The summed E-state index contributed by atoms with van der Waals surface area (Å²) >= 11 is 0. The number of piperidine rings is 1. The van der Waals surface area contributed by atoms with Crippen LogP contribution >= 0.6 is 0 Å². The van der Waals surface area contributed by atoms with Gasteiger partial charge in [0.05, 0.1) is 5.52 Å². The Morgan fingerprint density at radius 1 is 1.24 bits per heavy atom. The molecule has 0 spiro atoms. The average Bonchev–Trinajstić information content (AvgIpc) is 2.54. The van der Waals surface area contributed by atoms with Gasteiger partial charge in [-0.15, -0.1) is 0 Å². The molecule has 1 aliphatic heterocycles. The highest BCUT2D eigenvalue weighted by molar-refractivity contribution is 6.03. The number of hydrogen-bond acceptors (Lipinski definition) is 3. The summed E-state index contributed by atoms with van der Waals surface area (Å²) in [6.45, 7) is 6.00. The smallest absolute Gasteiger partial charge is 0.169 e. The molecule has 0 bridgehead atoms. The molecule has 3 heteroatoms. The van der Waals surface area contributed by atoms with Gasteiger partial charge in [0.25, 0.3) is 0 Å². The van der Waals surface area contributed by atoms with E-state index in [2.05, 4.69) is 23.3 Å². The van der Waals surface area contributed by atoms with Gasteiger partial charge in [-0.2, -0.15) is 0 Å². The molecule has 1 aromatic heterocycles. The number of nitrogens with zero attached hydrogens (tertiary/aromatic N) is 1. The average molecular weight is 282 g/mol. The quantitative estimate of drug-likeness (QED) is 0.876. The van der Waals surface area contributed by atoms with Gasteiger partial charge < -0.3 is 5.32 Å². The summed E-state index contributed by atoms with van der Waals surface area (Å²) in [6, 6.07) is 9.96. The van der Waals surface area contributed by atoms with E-state index in [4.69, 9.17) is 0 Å². The van der Waals surface area contributed by atoms with Crippen molar-refractivity contribution >= 4 is 16.7 Å².